The van der Waals surface area contributed by atoms with Crippen molar-refractivity contribution in [2.45, 2.75) is 50.7 Å². The second kappa shape index (κ2) is 6.62. The Kier molecular flexibility index (Phi) is 5.40. The molecule has 0 aromatic carbocycles. The van der Waals surface area contributed by atoms with Gasteiger partial charge in [-0.1, -0.05) is 19.8 Å². The van der Waals surface area contributed by atoms with Crippen LogP contribution in [0.4, 0.5) is 0 Å². The van der Waals surface area contributed by atoms with Crippen LogP contribution < -0.4 is 0 Å². The zero-order valence-corrected chi connectivity index (χ0v) is 12.8. The van der Waals surface area contributed by atoms with Gasteiger partial charge >= 0.3 is 0 Å². The summed E-state index contributed by atoms with van der Waals surface area (Å²) in [4.78, 5) is 2.61. The normalized spacial score (nSPS) is 35.8. The standard InChI is InChI=1S/C15H29NOS/c1-13-3-7-15(12-17,8-4-13)11-16-9-5-14(18-2)6-10-16/h13-14,17H,3-12H2,1-2H3. The van der Waals surface area contributed by atoms with E-state index in [2.05, 4.69) is 18.1 Å². The second-order valence-electron chi connectivity index (χ2n) is 6.55. The fourth-order valence-corrected chi connectivity index (χ4v) is 4.20. The first-order valence-electron chi connectivity index (χ1n) is 7.53. The average molecular weight is 271 g/mol. The molecule has 3 heteroatoms. The number of piperidine rings is 1. The molecule has 1 N–H and O–H groups in total. The zero-order valence-electron chi connectivity index (χ0n) is 12.0. The fourth-order valence-electron chi connectivity index (χ4n) is 3.52. The van der Waals surface area contributed by atoms with Crippen molar-refractivity contribution < 1.29 is 5.11 Å². The van der Waals surface area contributed by atoms with Crippen LogP contribution in [-0.4, -0.2) is 47.8 Å². The van der Waals surface area contributed by atoms with Gasteiger partial charge in [0.2, 0.25) is 0 Å². The van der Waals surface area contributed by atoms with Crippen molar-refractivity contribution >= 4 is 11.8 Å². The Morgan fingerprint density at radius 2 is 1.78 bits per heavy atom. The molecule has 0 amide bonds. The molecule has 0 bridgehead atoms. The van der Waals surface area contributed by atoms with Crippen LogP contribution >= 0.6 is 11.8 Å². The van der Waals surface area contributed by atoms with E-state index in [0.717, 1.165) is 17.7 Å². The number of hydrogen-bond donors (Lipinski definition) is 1. The molecule has 0 unspecified atom stereocenters. The molecule has 1 aliphatic heterocycles. The largest absolute Gasteiger partial charge is 0.396 e. The highest BCUT2D eigenvalue weighted by atomic mass is 32.2. The second-order valence-corrected chi connectivity index (χ2v) is 7.69. The van der Waals surface area contributed by atoms with Crippen LogP contribution in [0.25, 0.3) is 0 Å². The highest BCUT2D eigenvalue weighted by molar-refractivity contribution is 7.99. The van der Waals surface area contributed by atoms with Crippen LogP contribution in [0.3, 0.4) is 0 Å². The van der Waals surface area contributed by atoms with Crippen LogP contribution in [0, 0.1) is 11.3 Å². The summed E-state index contributed by atoms with van der Waals surface area (Å²) in [6.45, 7) is 6.36. The maximum absolute atomic E-state index is 9.83. The van der Waals surface area contributed by atoms with Crippen molar-refractivity contribution in [3.8, 4) is 0 Å². The number of likely N-dealkylation sites (tertiary alicyclic amines) is 1. The number of rotatable bonds is 4. The Morgan fingerprint density at radius 1 is 1.17 bits per heavy atom. The third-order valence-corrected chi connectivity index (χ3v) is 6.24. The summed E-state index contributed by atoms with van der Waals surface area (Å²) in [6.07, 6.45) is 9.97. The Bertz CT molecular complexity index is 243. The molecule has 2 nitrogen and oxygen atoms in total. The van der Waals surface area contributed by atoms with Crippen molar-refractivity contribution in [1.82, 2.24) is 4.90 Å². The Morgan fingerprint density at radius 3 is 2.28 bits per heavy atom. The van der Waals surface area contributed by atoms with E-state index in [1.807, 2.05) is 11.8 Å². The van der Waals surface area contributed by atoms with E-state index in [1.54, 1.807) is 0 Å². The Balaban J connectivity index is 1.83. The number of aliphatic hydroxyl groups is 1. The summed E-state index contributed by atoms with van der Waals surface area (Å²) in [7, 11) is 0. The molecule has 1 aliphatic carbocycles. The molecule has 0 atom stereocenters. The summed E-state index contributed by atoms with van der Waals surface area (Å²) in [5.41, 5.74) is 0.221. The van der Waals surface area contributed by atoms with Crippen molar-refractivity contribution in [3.63, 3.8) is 0 Å². The van der Waals surface area contributed by atoms with Crippen molar-refractivity contribution in [3.05, 3.63) is 0 Å². The van der Waals surface area contributed by atoms with E-state index in [4.69, 9.17) is 0 Å². The predicted molar refractivity (Wildman–Crippen MR) is 80.1 cm³/mol. The molecule has 106 valence electrons. The summed E-state index contributed by atoms with van der Waals surface area (Å²) < 4.78 is 0. The maximum atomic E-state index is 9.83. The van der Waals surface area contributed by atoms with Gasteiger partial charge in [0, 0.05) is 23.8 Å². The first kappa shape index (κ1) is 14.7. The minimum atomic E-state index is 0.221. The van der Waals surface area contributed by atoms with Gasteiger partial charge in [0.1, 0.15) is 0 Å². The molecule has 1 saturated heterocycles. The number of hydrogen-bond acceptors (Lipinski definition) is 3. The van der Waals surface area contributed by atoms with Gasteiger partial charge < -0.3 is 10.0 Å². The van der Waals surface area contributed by atoms with E-state index in [9.17, 15) is 5.11 Å². The van der Waals surface area contributed by atoms with Gasteiger partial charge in [0.25, 0.3) is 0 Å². The Hall–Kier alpha value is 0.270. The lowest BCUT2D eigenvalue weighted by Crippen LogP contribution is -2.45. The number of aliphatic hydroxyl groups excluding tert-OH is 1. The summed E-state index contributed by atoms with van der Waals surface area (Å²) in [5.74, 6) is 0.868. The van der Waals surface area contributed by atoms with Crippen LogP contribution in [0.1, 0.15) is 45.4 Å². The third-order valence-electron chi connectivity index (χ3n) is 5.10. The van der Waals surface area contributed by atoms with Gasteiger partial charge in [-0.2, -0.15) is 11.8 Å². The van der Waals surface area contributed by atoms with Crippen molar-refractivity contribution in [2.24, 2.45) is 11.3 Å². The molecule has 2 aliphatic rings. The van der Waals surface area contributed by atoms with Gasteiger partial charge in [-0.15, -0.1) is 0 Å². The molecule has 0 aromatic rings. The van der Waals surface area contributed by atoms with Crippen molar-refractivity contribution in [2.75, 3.05) is 32.5 Å². The zero-order chi connectivity index (χ0) is 13.0. The fraction of sp³-hybridized carbons (Fsp3) is 1.00. The van der Waals surface area contributed by atoms with E-state index in [-0.39, 0.29) is 5.41 Å². The summed E-state index contributed by atoms with van der Waals surface area (Å²) in [5, 5.41) is 10.7. The molecule has 0 aromatic heterocycles. The molecule has 0 spiro atoms. The van der Waals surface area contributed by atoms with Gasteiger partial charge in [-0.3, -0.25) is 0 Å². The van der Waals surface area contributed by atoms with Crippen LogP contribution in [0.15, 0.2) is 0 Å². The third kappa shape index (κ3) is 3.64. The average Bonchev–Trinajstić information content (AvgIpc) is 2.43. The van der Waals surface area contributed by atoms with Crippen LogP contribution in [0.2, 0.25) is 0 Å². The SMILES string of the molecule is CSC1CCN(CC2(CO)CCC(C)CC2)CC1. The highest BCUT2D eigenvalue weighted by Gasteiger charge is 2.36. The Labute approximate surface area is 117 Å². The summed E-state index contributed by atoms with van der Waals surface area (Å²) >= 11 is 2.02. The van der Waals surface area contributed by atoms with Crippen molar-refractivity contribution in [1.29, 1.82) is 0 Å². The maximum Gasteiger partial charge on any atom is 0.0499 e. The van der Waals surface area contributed by atoms with E-state index in [1.165, 1.54) is 51.6 Å². The molecule has 1 saturated carbocycles. The molecule has 2 rings (SSSR count). The minimum absolute atomic E-state index is 0.221. The van der Waals surface area contributed by atoms with E-state index in [0.29, 0.717) is 6.61 Å². The monoisotopic (exact) mass is 271 g/mol. The predicted octanol–water partition coefficient (Wildman–Crippen LogP) is 3.00. The molecule has 1 heterocycles. The van der Waals surface area contributed by atoms with E-state index >= 15 is 0 Å². The molecule has 0 radical (unpaired) electrons. The number of nitrogens with zero attached hydrogens (tertiary/aromatic N) is 1. The van der Waals surface area contributed by atoms with Gasteiger partial charge in [-0.25, -0.2) is 0 Å². The minimum Gasteiger partial charge on any atom is -0.396 e. The first-order valence-corrected chi connectivity index (χ1v) is 8.82. The molecular weight excluding hydrogens is 242 g/mol. The smallest absolute Gasteiger partial charge is 0.0499 e. The summed E-state index contributed by atoms with van der Waals surface area (Å²) in [6, 6.07) is 0. The lowest BCUT2D eigenvalue weighted by molar-refractivity contribution is 0.0244. The highest BCUT2D eigenvalue weighted by Crippen LogP contribution is 2.39. The van der Waals surface area contributed by atoms with E-state index < -0.39 is 0 Å². The first-order chi connectivity index (χ1) is 8.67. The van der Waals surface area contributed by atoms with Crippen LogP contribution in [0.5, 0.6) is 0 Å². The van der Waals surface area contributed by atoms with Gasteiger partial charge in [-0.05, 0) is 50.9 Å². The van der Waals surface area contributed by atoms with Crippen LogP contribution in [-0.2, 0) is 0 Å². The number of thioether (sulfide) groups is 1. The molecule has 2 fully saturated rings. The van der Waals surface area contributed by atoms with Gasteiger partial charge in [0.05, 0.1) is 0 Å². The lowest BCUT2D eigenvalue weighted by Gasteiger charge is -2.43. The topological polar surface area (TPSA) is 23.5 Å². The molecule has 18 heavy (non-hydrogen) atoms. The molecular formula is C15H29NOS. The van der Waals surface area contributed by atoms with Gasteiger partial charge in [0.15, 0.2) is 0 Å². The lowest BCUT2D eigenvalue weighted by atomic mass is 9.71. The quantitative estimate of drug-likeness (QED) is 0.850.